The largest absolute Gasteiger partial charge is 0.493 e. The molecule has 1 unspecified atom stereocenters. The smallest absolute Gasteiger partial charge is 0.168 e. The van der Waals surface area contributed by atoms with Crippen LogP contribution in [0.2, 0.25) is 0 Å². The van der Waals surface area contributed by atoms with Crippen LogP contribution in [0.4, 0.5) is 0 Å². The van der Waals surface area contributed by atoms with E-state index in [9.17, 15) is 9.59 Å². The van der Waals surface area contributed by atoms with E-state index in [-0.39, 0.29) is 41.5 Å². The molecule has 0 saturated carbocycles. The fourth-order valence-electron chi connectivity index (χ4n) is 3.97. The molecule has 0 aliphatic carbocycles. The summed E-state index contributed by atoms with van der Waals surface area (Å²) in [6.07, 6.45) is 0.889. The van der Waals surface area contributed by atoms with Crippen LogP contribution in [0.5, 0.6) is 0 Å². The molecule has 0 bridgehead atoms. The standard InChI is InChI=1S/C20H30O4/c1-8-15-10(3)17(21)12(5)19(23-15)14(7)20-13(6)18(22)11(4)16(9-2)24-20/h12-14,19-20H,8-9H2,1-7H3/t12-,13-,14?,19-,20+/m0/s1. The van der Waals surface area contributed by atoms with Crippen molar-refractivity contribution >= 4 is 11.6 Å². The summed E-state index contributed by atoms with van der Waals surface area (Å²) < 4.78 is 12.4. The minimum atomic E-state index is -0.257. The number of carbonyl (C=O) groups excluding carboxylic acids is 2. The number of hydrogen-bond acceptors (Lipinski definition) is 4. The van der Waals surface area contributed by atoms with E-state index < -0.39 is 0 Å². The summed E-state index contributed by atoms with van der Waals surface area (Å²) in [5.41, 5.74) is 1.46. The van der Waals surface area contributed by atoms with Crippen LogP contribution in [0.15, 0.2) is 22.7 Å². The van der Waals surface area contributed by atoms with E-state index in [4.69, 9.17) is 9.47 Å². The van der Waals surface area contributed by atoms with Gasteiger partial charge < -0.3 is 9.47 Å². The van der Waals surface area contributed by atoms with Crippen LogP contribution < -0.4 is 0 Å². The van der Waals surface area contributed by atoms with Crippen LogP contribution in [0.25, 0.3) is 0 Å². The van der Waals surface area contributed by atoms with Crippen LogP contribution in [-0.2, 0) is 19.1 Å². The average molecular weight is 334 g/mol. The lowest BCUT2D eigenvalue weighted by molar-refractivity contribution is -0.137. The highest BCUT2D eigenvalue weighted by atomic mass is 16.5. The van der Waals surface area contributed by atoms with Gasteiger partial charge in [0.25, 0.3) is 0 Å². The monoisotopic (exact) mass is 334 g/mol. The zero-order chi connectivity index (χ0) is 18.2. The minimum Gasteiger partial charge on any atom is -0.493 e. The van der Waals surface area contributed by atoms with Gasteiger partial charge in [-0.25, -0.2) is 0 Å². The number of hydrogen-bond donors (Lipinski definition) is 0. The first-order chi connectivity index (χ1) is 11.2. The Bertz CT molecular complexity index is 547. The highest BCUT2D eigenvalue weighted by Crippen LogP contribution is 2.38. The highest BCUT2D eigenvalue weighted by Gasteiger charge is 2.45. The van der Waals surface area contributed by atoms with E-state index in [1.165, 1.54) is 0 Å². The zero-order valence-corrected chi connectivity index (χ0v) is 15.9. The summed E-state index contributed by atoms with van der Waals surface area (Å²) in [6, 6.07) is 0. The number of carbonyl (C=O) groups is 2. The van der Waals surface area contributed by atoms with E-state index >= 15 is 0 Å². The van der Waals surface area contributed by atoms with Crippen LogP contribution in [0.1, 0.15) is 61.3 Å². The molecule has 4 nitrogen and oxygen atoms in total. The summed E-state index contributed by atoms with van der Waals surface area (Å²) >= 11 is 0. The van der Waals surface area contributed by atoms with E-state index in [0.29, 0.717) is 12.8 Å². The molecular weight excluding hydrogens is 304 g/mol. The van der Waals surface area contributed by atoms with Gasteiger partial charge in [-0.15, -0.1) is 0 Å². The molecule has 0 saturated heterocycles. The van der Waals surface area contributed by atoms with Gasteiger partial charge in [0, 0.05) is 29.9 Å². The Morgan fingerprint density at radius 1 is 0.833 bits per heavy atom. The Hall–Kier alpha value is -1.58. The molecule has 2 rings (SSSR count). The molecule has 2 aliphatic rings. The van der Waals surface area contributed by atoms with Gasteiger partial charge in [-0.2, -0.15) is 0 Å². The molecule has 0 N–H and O–H groups in total. The maximum atomic E-state index is 12.6. The Morgan fingerprint density at radius 3 is 1.46 bits per heavy atom. The summed E-state index contributed by atoms with van der Waals surface area (Å²) in [7, 11) is 0. The van der Waals surface area contributed by atoms with Crippen molar-refractivity contribution in [2.24, 2.45) is 17.8 Å². The van der Waals surface area contributed by atoms with Crippen molar-refractivity contribution in [3.63, 3.8) is 0 Å². The fraction of sp³-hybridized carbons (Fsp3) is 0.700. The molecule has 0 aromatic rings. The van der Waals surface area contributed by atoms with Gasteiger partial charge in [0.2, 0.25) is 0 Å². The molecule has 24 heavy (non-hydrogen) atoms. The lowest BCUT2D eigenvalue weighted by atomic mass is 9.77. The van der Waals surface area contributed by atoms with Gasteiger partial charge >= 0.3 is 0 Å². The molecule has 2 aliphatic heterocycles. The molecule has 0 aromatic carbocycles. The number of rotatable bonds is 4. The van der Waals surface area contributed by atoms with Crippen LogP contribution >= 0.6 is 0 Å². The van der Waals surface area contributed by atoms with Crippen LogP contribution in [0, 0.1) is 17.8 Å². The van der Waals surface area contributed by atoms with Crippen molar-refractivity contribution in [2.75, 3.05) is 0 Å². The average Bonchev–Trinajstić information content (AvgIpc) is 2.58. The topological polar surface area (TPSA) is 52.6 Å². The second-order valence-electron chi connectivity index (χ2n) is 7.13. The van der Waals surface area contributed by atoms with Crippen molar-refractivity contribution in [1.29, 1.82) is 0 Å². The number of allylic oxidation sites excluding steroid dienone is 4. The Morgan fingerprint density at radius 2 is 1.17 bits per heavy atom. The van der Waals surface area contributed by atoms with Gasteiger partial charge in [0.05, 0.1) is 11.8 Å². The third-order valence-corrected chi connectivity index (χ3v) is 5.62. The van der Waals surface area contributed by atoms with Crippen LogP contribution in [0.3, 0.4) is 0 Å². The Balaban J connectivity index is 2.30. The van der Waals surface area contributed by atoms with Crippen molar-refractivity contribution in [2.45, 2.75) is 73.5 Å². The zero-order valence-electron chi connectivity index (χ0n) is 15.9. The Kier molecular flexibility index (Phi) is 5.56. The summed E-state index contributed by atoms with van der Waals surface area (Å²) in [6.45, 7) is 13.5. The predicted octanol–water partition coefficient (Wildman–Crippen LogP) is 4.20. The van der Waals surface area contributed by atoms with E-state index in [0.717, 1.165) is 22.7 Å². The summed E-state index contributed by atoms with van der Waals surface area (Å²) in [5, 5.41) is 0. The number of Topliss-reactive ketones (excluding diaryl/α,β-unsaturated/α-hetero) is 2. The Labute approximate surface area is 145 Å². The third kappa shape index (κ3) is 3.03. The van der Waals surface area contributed by atoms with Crippen molar-refractivity contribution in [3.8, 4) is 0 Å². The fourth-order valence-corrected chi connectivity index (χ4v) is 3.97. The third-order valence-electron chi connectivity index (χ3n) is 5.62. The van der Waals surface area contributed by atoms with Gasteiger partial charge in [-0.05, 0) is 13.8 Å². The van der Waals surface area contributed by atoms with Gasteiger partial charge in [0.15, 0.2) is 11.6 Å². The van der Waals surface area contributed by atoms with Crippen molar-refractivity contribution in [3.05, 3.63) is 22.7 Å². The van der Waals surface area contributed by atoms with Gasteiger partial charge in [0.1, 0.15) is 23.7 Å². The first-order valence-corrected chi connectivity index (χ1v) is 9.05. The van der Waals surface area contributed by atoms with Crippen molar-refractivity contribution < 1.29 is 19.1 Å². The molecule has 0 fully saturated rings. The van der Waals surface area contributed by atoms with Gasteiger partial charge in [-0.1, -0.05) is 34.6 Å². The SMILES string of the molecule is CCC1=C(C)C(=O)[C@H](C)[C@@H](C(C)[C@@H]2OC(CC)=C(C)C(=O)[C@@H]2C)O1. The highest BCUT2D eigenvalue weighted by molar-refractivity contribution is 5.98. The molecular formula is C20H30O4. The first kappa shape index (κ1) is 18.8. The molecule has 0 radical (unpaired) electrons. The molecule has 134 valence electrons. The number of ketones is 2. The van der Waals surface area contributed by atoms with Crippen LogP contribution in [-0.4, -0.2) is 23.8 Å². The van der Waals surface area contributed by atoms with Crippen molar-refractivity contribution in [1.82, 2.24) is 0 Å². The lowest BCUT2D eigenvalue weighted by Gasteiger charge is -2.41. The summed E-state index contributed by atoms with van der Waals surface area (Å²) in [4.78, 5) is 25.1. The lowest BCUT2D eigenvalue weighted by Crippen LogP contribution is -2.48. The minimum absolute atomic E-state index is 0.0489. The second-order valence-corrected chi connectivity index (χ2v) is 7.13. The molecule has 2 heterocycles. The first-order valence-electron chi connectivity index (χ1n) is 9.05. The molecule has 5 atom stereocenters. The molecule has 0 aromatic heterocycles. The van der Waals surface area contributed by atoms with E-state index in [1.807, 2.05) is 48.5 Å². The normalized spacial score (nSPS) is 32.6. The number of ether oxygens (including phenoxy) is 2. The molecule has 0 amide bonds. The second kappa shape index (κ2) is 7.12. The molecule has 4 heteroatoms. The maximum absolute atomic E-state index is 12.6. The predicted molar refractivity (Wildman–Crippen MR) is 93.2 cm³/mol. The van der Waals surface area contributed by atoms with Gasteiger partial charge in [-0.3, -0.25) is 9.59 Å². The summed E-state index contributed by atoms with van der Waals surface area (Å²) in [5.74, 6) is 1.34. The van der Waals surface area contributed by atoms with E-state index in [1.54, 1.807) is 0 Å². The quantitative estimate of drug-likeness (QED) is 0.773. The maximum Gasteiger partial charge on any atom is 0.168 e. The van der Waals surface area contributed by atoms with E-state index in [2.05, 4.69) is 0 Å². The molecule has 0 spiro atoms.